The van der Waals surface area contributed by atoms with Crippen molar-refractivity contribution >= 4 is 50.0 Å². The summed E-state index contributed by atoms with van der Waals surface area (Å²) in [5.74, 6) is 0. The van der Waals surface area contributed by atoms with Gasteiger partial charge in [-0.2, -0.15) is 0 Å². The van der Waals surface area contributed by atoms with Crippen LogP contribution >= 0.6 is 22.6 Å². The van der Waals surface area contributed by atoms with Gasteiger partial charge in [-0.15, -0.1) is 0 Å². The smallest absolute Gasteiger partial charge is 0.264 e. The van der Waals surface area contributed by atoms with E-state index in [1.807, 2.05) is 86.6 Å². The van der Waals surface area contributed by atoms with Crippen molar-refractivity contribution in [3.05, 3.63) is 110 Å². The van der Waals surface area contributed by atoms with Crippen LogP contribution in [0.4, 0.5) is 5.69 Å². The van der Waals surface area contributed by atoms with Gasteiger partial charge in [0.15, 0.2) is 0 Å². The minimum atomic E-state index is -0.0830. The average Bonchev–Trinajstić information content (AvgIpc) is 3.00. The van der Waals surface area contributed by atoms with Gasteiger partial charge in [-0.05, 0) is 83.8 Å². The third-order valence-electron chi connectivity index (χ3n) is 5.44. The molecular weight excluding hydrogens is 497 g/mol. The van der Waals surface area contributed by atoms with E-state index in [0.29, 0.717) is 10.9 Å². The molecule has 5 heteroatoms. The third kappa shape index (κ3) is 3.59. The molecule has 0 bridgehead atoms. The second-order valence-electron chi connectivity index (χ2n) is 7.66. The van der Waals surface area contributed by atoms with Gasteiger partial charge in [0.05, 0.1) is 11.4 Å². The highest BCUT2D eigenvalue weighted by atomic mass is 127. The van der Waals surface area contributed by atoms with Crippen LogP contribution in [-0.4, -0.2) is 9.55 Å². The first-order valence-electron chi connectivity index (χ1n) is 10.1. The van der Waals surface area contributed by atoms with Gasteiger partial charge in [0.2, 0.25) is 0 Å². The van der Waals surface area contributed by atoms with Crippen molar-refractivity contribution < 1.29 is 0 Å². The fourth-order valence-corrected chi connectivity index (χ4v) is 4.44. The van der Waals surface area contributed by atoms with E-state index in [2.05, 4.69) is 33.6 Å². The van der Waals surface area contributed by atoms with Gasteiger partial charge in [0.1, 0.15) is 5.49 Å². The van der Waals surface area contributed by atoms with Gasteiger partial charge in [-0.25, -0.2) is 4.99 Å². The highest BCUT2D eigenvalue weighted by Gasteiger charge is 2.10. The SMILES string of the molecule is Cc1cccc(-n2c(=Nc3c(C)[nH]c4ccccc34)ccc3ccc(I)cc3c2=O)c1. The molecule has 0 atom stereocenters. The number of nitrogens with one attached hydrogen (secondary N) is 1. The Kier molecular flexibility index (Phi) is 4.98. The zero-order chi connectivity index (χ0) is 21.5. The van der Waals surface area contributed by atoms with Crippen LogP contribution in [0, 0.1) is 17.4 Å². The van der Waals surface area contributed by atoms with Crippen molar-refractivity contribution in [2.24, 2.45) is 4.99 Å². The average molecular weight is 517 g/mol. The Hall–Kier alpha value is -3.19. The summed E-state index contributed by atoms with van der Waals surface area (Å²) in [6, 6.07) is 25.9. The minimum Gasteiger partial charge on any atom is -0.357 e. The molecule has 4 nitrogen and oxygen atoms in total. The van der Waals surface area contributed by atoms with Gasteiger partial charge >= 0.3 is 0 Å². The van der Waals surface area contributed by atoms with Crippen LogP contribution in [0.3, 0.4) is 0 Å². The van der Waals surface area contributed by atoms with Crippen LogP contribution < -0.4 is 11.0 Å². The lowest BCUT2D eigenvalue weighted by Gasteiger charge is -2.06. The second kappa shape index (κ2) is 7.81. The van der Waals surface area contributed by atoms with Crippen molar-refractivity contribution in [3.63, 3.8) is 0 Å². The number of nitrogens with zero attached hydrogens (tertiary/aromatic N) is 2. The standard InChI is InChI=1S/C26H20IN3O/c1-16-6-5-7-20(14-16)30-24(13-11-18-10-12-19(27)15-22(18)26(30)31)29-25-17(2)28-23-9-4-3-8-21(23)25/h3-15,28H,1-2H3. The summed E-state index contributed by atoms with van der Waals surface area (Å²) in [5, 5.41) is 2.60. The van der Waals surface area contributed by atoms with E-state index >= 15 is 0 Å². The van der Waals surface area contributed by atoms with Crippen LogP contribution in [0.2, 0.25) is 0 Å². The van der Waals surface area contributed by atoms with Crippen LogP contribution in [-0.2, 0) is 0 Å². The zero-order valence-corrected chi connectivity index (χ0v) is 19.3. The Bertz CT molecular complexity index is 1590. The van der Waals surface area contributed by atoms with Crippen molar-refractivity contribution in [2.75, 3.05) is 0 Å². The number of rotatable bonds is 2. The molecule has 0 radical (unpaired) electrons. The number of fused-ring (bicyclic) bond motifs is 2. The van der Waals surface area contributed by atoms with E-state index in [4.69, 9.17) is 4.99 Å². The van der Waals surface area contributed by atoms with E-state index in [1.165, 1.54) is 0 Å². The number of para-hydroxylation sites is 1. The highest BCUT2D eigenvalue weighted by molar-refractivity contribution is 14.1. The summed E-state index contributed by atoms with van der Waals surface area (Å²) in [6.45, 7) is 4.04. The first kappa shape index (κ1) is 19.8. The summed E-state index contributed by atoms with van der Waals surface area (Å²) < 4.78 is 2.74. The number of halogens is 1. The molecule has 5 aromatic rings. The number of benzene rings is 3. The molecule has 0 spiro atoms. The Labute approximate surface area is 193 Å². The number of aromatic amines is 1. The molecule has 31 heavy (non-hydrogen) atoms. The topological polar surface area (TPSA) is 50.1 Å². The maximum atomic E-state index is 13.8. The zero-order valence-electron chi connectivity index (χ0n) is 17.2. The monoisotopic (exact) mass is 517 g/mol. The molecule has 3 aromatic carbocycles. The molecule has 5 rings (SSSR count). The van der Waals surface area contributed by atoms with Gasteiger partial charge in [-0.1, -0.05) is 42.5 Å². The highest BCUT2D eigenvalue weighted by Crippen LogP contribution is 2.29. The predicted octanol–water partition coefficient (Wildman–Crippen LogP) is 5.93. The molecule has 0 aliphatic heterocycles. The number of H-pyrrole nitrogens is 1. The van der Waals surface area contributed by atoms with Crippen molar-refractivity contribution in [3.8, 4) is 5.69 Å². The molecule has 0 aliphatic carbocycles. The summed E-state index contributed by atoms with van der Waals surface area (Å²) in [6.07, 6.45) is 0. The van der Waals surface area contributed by atoms with Crippen LogP contribution in [0.15, 0.2) is 88.6 Å². The van der Waals surface area contributed by atoms with Gasteiger partial charge in [0, 0.05) is 25.6 Å². The quantitative estimate of drug-likeness (QED) is 0.290. The maximum absolute atomic E-state index is 13.8. The number of aryl methyl sites for hydroxylation is 2. The van der Waals surface area contributed by atoms with E-state index in [1.54, 1.807) is 4.57 Å². The van der Waals surface area contributed by atoms with E-state index in [-0.39, 0.29) is 5.56 Å². The van der Waals surface area contributed by atoms with Gasteiger partial charge < -0.3 is 4.98 Å². The van der Waals surface area contributed by atoms with E-state index in [0.717, 1.165) is 42.5 Å². The summed E-state index contributed by atoms with van der Waals surface area (Å²) >= 11 is 2.24. The van der Waals surface area contributed by atoms with E-state index in [9.17, 15) is 4.79 Å². The second-order valence-corrected chi connectivity index (χ2v) is 8.90. The van der Waals surface area contributed by atoms with Crippen molar-refractivity contribution in [1.82, 2.24) is 9.55 Å². The fourth-order valence-electron chi connectivity index (χ4n) is 3.95. The van der Waals surface area contributed by atoms with Gasteiger partial charge in [0.25, 0.3) is 5.56 Å². The van der Waals surface area contributed by atoms with Crippen LogP contribution in [0.25, 0.3) is 27.4 Å². The molecule has 0 amide bonds. The summed E-state index contributed by atoms with van der Waals surface area (Å²) in [5.41, 5.74) is 5.25. The first-order chi connectivity index (χ1) is 15.0. The number of aromatic nitrogens is 2. The minimum absolute atomic E-state index is 0.0830. The summed E-state index contributed by atoms with van der Waals surface area (Å²) in [4.78, 5) is 22.2. The Morgan fingerprint density at radius 1 is 0.871 bits per heavy atom. The first-order valence-corrected chi connectivity index (χ1v) is 11.1. The number of hydrogen-bond acceptors (Lipinski definition) is 2. The molecule has 0 fully saturated rings. The molecule has 0 saturated carbocycles. The van der Waals surface area contributed by atoms with Crippen molar-refractivity contribution in [2.45, 2.75) is 13.8 Å². The summed E-state index contributed by atoms with van der Waals surface area (Å²) in [7, 11) is 0. The lowest BCUT2D eigenvalue weighted by Crippen LogP contribution is -2.29. The van der Waals surface area contributed by atoms with Crippen molar-refractivity contribution in [1.29, 1.82) is 0 Å². The van der Waals surface area contributed by atoms with E-state index < -0.39 is 0 Å². The van der Waals surface area contributed by atoms with Crippen LogP contribution in [0.1, 0.15) is 11.3 Å². The molecule has 152 valence electrons. The predicted molar refractivity (Wildman–Crippen MR) is 135 cm³/mol. The lowest BCUT2D eigenvalue weighted by molar-refractivity contribution is 0.929. The molecule has 0 unspecified atom stereocenters. The molecule has 1 N–H and O–H groups in total. The molecule has 2 heterocycles. The lowest BCUT2D eigenvalue weighted by atomic mass is 10.2. The Morgan fingerprint density at radius 2 is 1.68 bits per heavy atom. The van der Waals surface area contributed by atoms with Crippen LogP contribution in [0.5, 0.6) is 0 Å². The molecule has 0 saturated heterocycles. The largest absolute Gasteiger partial charge is 0.357 e. The fraction of sp³-hybridized carbons (Fsp3) is 0.0769. The number of hydrogen-bond donors (Lipinski definition) is 1. The maximum Gasteiger partial charge on any atom is 0.264 e. The molecule has 0 aliphatic rings. The normalized spacial score (nSPS) is 12.0. The molecule has 2 aromatic heterocycles. The van der Waals surface area contributed by atoms with Gasteiger partial charge in [-0.3, -0.25) is 9.36 Å². The third-order valence-corrected chi connectivity index (χ3v) is 6.11. The molecular formula is C26H20IN3O. The Balaban J connectivity index is 1.95. The Morgan fingerprint density at radius 3 is 2.52 bits per heavy atom.